The molecule has 1 aromatic rings. The molecule has 0 saturated heterocycles. The van der Waals surface area contributed by atoms with E-state index < -0.39 is 0 Å². The second-order valence-electron chi connectivity index (χ2n) is 3.80. The number of nitrogens with one attached hydrogen (secondary N) is 1. The first-order valence-corrected chi connectivity index (χ1v) is 6.17. The summed E-state index contributed by atoms with van der Waals surface area (Å²) in [5.74, 6) is 0.0237. The molecule has 0 saturated carbocycles. The number of aromatic nitrogens is 1. The summed E-state index contributed by atoms with van der Waals surface area (Å²) < 4.78 is 0.747. The zero-order valence-electron chi connectivity index (χ0n) is 10.2. The number of carbonyl (C=O) groups excluding carboxylic acids is 1. The zero-order chi connectivity index (χ0) is 13.0. The predicted molar refractivity (Wildman–Crippen MR) is 72.7 cm³/mol. The number of likely N-dealkylation sites (N-methyl/N-ethyl adjacent to an activating group) is 1. The van der Waals surface area contributed by atoms with E-state index in [1.165, 1.54) is 0 Å². The first kappa shape index (κ1) is 13.8. The Hall–Kier alpha value is -1.30. The van der Waals surface area contributed by atoms with Crippen LogP contribution in [-0.2, 0) is 4.79 Å². The molecule has 1 aromatic heterocycles. The van der Waals surface area contributed by atoms with Gasteiger partial charge in [0, 0.05) is 19.8 Å². The minimum absolute atomic E-state index is 0.0237. The summed E-state index contributed by atoms with van der Waals surface area (Å²) in [5.41, 5.74) is 7.01. The van der Waals surface area contributed by atoms with Crippen LogP contribution in [0.2, 0.25) is 0 Å². The second-order valence-corrected chi connectivity index (χ2v) is 4.66. The van der Waals surface area contributed by atoms with E-state index in [4.69, 9.17) is 5.73 Å². The summed E-state index contributed by atoms with van der Waals surface area (Å²) in [7, 11) is 1.77. The number of halogens is 1. The first-order valence-electron chi connectivity index (χ1n) is 5.37. The lowest BCUT2D eigenvalue weighted by Crippen LogP contribution is -2.39. The van der Waals surface area contributed by atoms with E-state index >= 15 is 0 Å². The Morgan fingerprint density at radius 3 is 2.82 bits per heavy atom. The van der Waals surface area contributed by atoms with E-state index in [9.17, 15) is 4.79 Å². The lowest BCUT2D eigenvalue weighted by atomic mass is 10.2. The molecular weight excluding hydrogens is 284 g/mol. The van der Waals surface area contributed by atoms with E-state index in [2.05, 4.69) is 26.2 Å². The summed E-state index contributed by atoms with van der Waals surface area (Å²) in [6.07, 6.45) is 3.19. The molecule has 1 atom stereocenters. The third-order valence-electron chi connectivity index (χ3n) is 2.51. The van der Waals surface area contributed by atoms with Crippen LogP contribution in [0, 0.1) is 0 Å². The van der Waals surface area contributed by atoms with E-state index in [0.29, 0.717) is 17.9 Å². The van der Waals surface area contributed by atoms with E-state index in [1.54, 1.807) is 31.3 Å². The molecule has 6 heteroatoms. The van der Waals surface area contributed by atoms with Crippen LogP contribution in [0.15, 0.2) is 16.9 Å². The van der Waals surface area contributed by atoms with Crippen molar-refractivity contribution >= 4 is 33.2 Å². The average molecular weight is 301 g/mol. The lowest BCUT2D eigenvalue weighted by molar-refractivity contribution is -0.130. The van der Waals surface area contributed by atoms with Crippen LogP contribution in [0.4, 0.5) is 11.4 Å². The highest BCUT2D eigenvalue weighted by atomic mass is 79.9. The van der Waals surface area contributed by atoms with Gasteiger partial charge in [-0.3, -0.25) is 9.78 Å². The SMILES string of the molecule is CCN(C)C(=O)C(C)Nc1c(N)cncc1Br. The van der Waals surface area contributed by atoms with Crippen LogP contribution in [0.5, 0.6) is 0 Å². The fourth-order valence-electron chi connectivity index (χ4n) is 1.37. The number of nitrogens with zero attached hydrogens (tertiary/aromatic N) is 2. The molecular formula is C11H17BrN4O. The van der Waals surface area contributed by atoms with Gasteiger partial charge >= 0.3 is 0 Å². The number of amides is 1. The molecule has 0 aliphatic rings. The maximum Gasteiger partial charge on any atom is 0.244 e. The standard InChI is InChI=1S/C11H17BrN4O/c1-4-16(3)11(17)7(2)15-10-8(12)5-14-6-9(10)13/h5-7H,4,13H2,1-3H3,(H,14,15). The minimum Gasteiger partial charge on any atom is -0.396 e. The molecule has 94 valence electrons. The van der Waals surface area contributed by atoms with Crippen molar-refractivity contribution in [2.24, 2.45) is 0 Å². The third-order valence-corrected chi connectivity index (χ3v) is 3.11. The van der Waals surface area contributed by atoms with Gasteiger partial charge in [-0.15, -0.1) is 0 Å². The normalized spacial score (nSPS) is 12.0. The Balaban J connectivity index is 2.81. The Morgan fingerprint density at radius 2 is 2.29 bits per heavy atom. The predicted octanol–water partition coefficient (Wildman–Crippen LogP) is 1.70. The van der Waals surface area contributed by atoms with Gasteiger partial charge in [-0.25, -0.2) is 0 Å². The van der Waals surface area contributed by atoms with Crippen LogP contribution in [0.25, 0.3) is 0 Å². The molecule has 1 amide bonds. The highest BCUT2D eigenvalue weighted by Gasteiger charge is 2.18. The van der Waals surface area contributed by atoms with E-state index in [-0.39, 0.29) is 11.9 Å². The monoisotopic (exact) mass is 300 g/mol. The summed E-state index contributed by atoms with van der Waals surface area (Å²) in [4.78, 5) is 17.5. The molecule has 0 aliphatic heterocycles. The molecule has 1 rings (SSSR count). The Bertz CT molecular complexity index is 390. The van der Waals surface area contributed by atoms with Crippen molar-refractivity contribution in [2.75, 3.05) is 24.6 Å². The fraction of sp³-hybridized carbons (Fsp3) is 0.455. The van der Waals surface area contributed by atoms with Gasteiger partial charge < -0.3 is 16.0 Å². The number of carbonyl (C=O) groups is 1. The summed E-state index contributed by atoms with van der Waals surface area (Å²) >= 11 is 3.35. The van der Waals surface area contributed by atoms with Gasteiger partial charge in [0.1, 0.15) is 6.04 Å². The van der Waals surface area contributed by atoms with Gasteiger partial charge in [-0.2, -0.15) is 0 Å². The maximum atomic E-state index is 11.9. The van der Waals surface area contributed by atoms with Crippen molar-refractivity contribution in [1.29, 1.82) is 0 Å². The zero-order valence-corrected chi connectivity index (χ0v) is 11.8. The van der Waals surface area contributed by atoms with Crippen molar-refractivity contribution < 1.29 is 4.79 Å². The van der Waals surface area contributed by atoms with Crippen LogP contribution in [0.1, 0.15) is 13.8 Å². The number of rotatable bonds is 4. The van der Waals surface area contributed by atoms with Gasteiger partial charge in [0.05, 0.1) is 22.0 Å². The first-order chi connectivity index (χ1) is 7.97. The molecule has 1 unspecified atom stereocenters. The molecule has 5 nitrogen and oxygen atoms in total. The molecule has 3 N–H and O–H groups in total. The number of pyridine rings is 1. The van der Waals surface area contributed by atoms with Crippen LogP contribution < -0.4 is 11.1 Å². The molecule has 0 spiro atoms. The quantitative estimate of drug-likeness (QED) is 0.888. The molecule has 17 heavy (non-hydrogen) atoms. The Labute approximate surface area is 110 Å². The van der Waals surface area contributed by atoms with Crippen molar-refractivity contribution in [3.05, 3.63) is 16.9 Å². The minimum atomic E-state index is -0.332. The number of hydrogen-bond donors (Lipinski definition) is 2. The second kappa shape index (κ2) is 5.86. The van der Waals surface area contributed by atoms with E-state index in [1.807, 2.05) is 6.92 Å². The highest BCUT2D eigenvalue weighted by Crippen LogP contribution is 2.27. The molecule has 0 bridgehead atoms. The fourth-order valence-corrected chi connectivity index (χ4v) is 1.83. The maximum absolute atomic E-state index is 11.9. The molecule has 0 radical (unpaired) electrons. The molecule has 0 aliphatic carbocycles. The van der Waals surface area contributed by atoms with Gasteiger partial charge in [0.2, 0.25) is 5.91 Å². The third kappa shape index (κ3) is 3.33. The highest BCUT2D eigenvalue weighted by molar-refractivity contribution is 9.10. The van der Waals surface area contributed by atoms with Crippen molar-refractivity contribution in [2.45, 2.75) is 19.9 Å². The van der Waals surface area contributed by atoms with Crippen LogP contribution in [-0.4, -0.2) is 35.4 Å². The van der Waals surface area contributed by atoms with Crippen molar-refractivity contribution in [1.82, 2.24) is 9.88 Å². The Morgan fingerprint density at radius 1 is 1.65 bits per heavy atom. The molecule has 0 fully saturated rings. The number of nitrogens with two attached hydrogens (primary N) is 1. The van der Waals surface area contributed by atoms with Crippen LogP contribution in [0.3, 0.4) is 0 Å². The summed E-state index contributed by atoms with van der Waals surface area (Å²) in [6, 6.07) is -0.332. The molecule has 1 heterocycles. The smallest absolute Gasteiger partial charge is 0.244 e. The van der Waals surface area contributed by atoms with Crippen molar-refractivity contribution in [3.8, 4) is 0 Å². The number of anilines is 2. The van der Waals surface area contributed by atoms with Gasteiger partial charge in [-0.1, -0.05) is 0 Å². The average Bonchev–Trinajstić information content (AvgIpc) is 2.31. The van der Waals surface area contributed by atoms with Crippen LogP contribution >= 0.6 is 15.9 Å². The van der Waals surface area contributed by atoms with Crippen molar-refractivity contribution in [3.63, 3.8) is 0 Å². The molecule has 0 aromatic carbocycles. The number of hydrogen-bond acceptors (Lipinski definition) is 4. The Kier molecular flexibility index (Phi) is 4.74. The largest absolute Gasteiger partial charge is 0.396 e. The lowest BCUT2D eigenvalue weighted by Gasteiger charge is -2.22. The topological polar surface area (TPSA) is 71.2 Å². The van der Waals surface area contributed by atoms with Gasteiger partial charge in [0.15, 0.2) is 0 Å². The summed E-state index contributed by atoms with van der Waals surface area (Å²) in [5, 5.41) is 3.09. The number of nitrogen functional groups attached to an aromatic ring is 1. The summed E-state index contributed by atoms with van der Waals surface area (Å²) in [6.45, 7) is 4.42. The van der Waals surface area contributed by atoms with E-state index in [0.717, 1.165) is 4.47 Å². The van der Waals surface area contributed by atoms with Gasteiger partial charge in [-0.05, 0) is 29.8 Å². The van der Waals surface area contributed by atoms with Gasteiger partial charge in [0.25, 0.3) is 0 Å².